The van der Waals surface area contributed by atoms with Crippen LogP contribution in [0.1, 0.15) is 34.8 Å². The number of piperidine rings is 1. The highest BCUT2D eigenvalue weighted by atomic mass is 16.5. The fourth-order valence-corrected chi connectivity index (χ4v) is 3.94. The first-order valence-corrected chi connectivity index (χ1v) is 11.1. The first kappa shape index (κ1) is 21.5. The van der Waals surface area contributed by atoms with Crippen LogP contribution in [-0.2, 0) is 0 Å². The number of amides is 1. The third kappa shape index (κ3) is 5.17. The Bertz CT molecular complexity index is 1250. The van der Waals surface area contributed by atoms with Crippen molar-refractivity contribution in [2.24, 2.45) is 0 Å². The van der Waals surface area contributed by atoms with Crippen molar-refractivity contribution < 1.29 is 14.3 Å². The predicted molar refractivity (Wildman–Crippen MR) is 125 cm³/mol. The lowest BCUT2D eigenvalue weighted by molar-refractivity contribution is 0.0705. The van der Waals surface area contributed by atoms with Gasteiger partial charge in [-0.1, -0.05) is 24.3 Å². The van der Waals surface area contributed by atoms with Gasteiger partial charge in [-0.15, -0.1) is 0 Å². The van der Waals surface area contributed by atoms with Crippen molar-refractivity contribution in [2.45, 2.75) is 18.8 Å². The van der Waals surface area contributed by atoms with Crippen LogP contribution in [0.25, 0.3) is 0 Å². The Morgan fingerprint density at radius 1 is 0.912 bits per heavy atom. The van der Waals surface area contributed by atoms with Gasteiger partial charge in [0.1, 0.15) is 11.5 Å². The molecule has 2 aromatic carbocycles. The SMILES string of the molecule is O=C(c1cccc(Oc2ncccn2)c1)N1CCC[C@@H](c2cncc(Oc3ccccc3)n2)C1. The minimum absolute atomic E-state index is 0.0474. The zero-order chi connectivity index (χ0) is 23.2. The van der Waals surface area contributed by atoms with Crippen LogP contribution in [0.2, 0.25) is 0 Å². The fourth-order valence-electron chi connectivity index (χ4n) is 3.94. The third-order valence-electron chi connectivity index (χ3n) is 5.56. The average molecular weight is 454 g/mol. The summed E-state index contributed by atoms with van der Waals surface area (Å²) in [5, 5.41) is 0. The van der Waals surface area contributed by atoms with Gasteiger partial charge in [0.2, 0.25) is 5.88 Å². The zero-order valence-electron chi connectivity index (χ0n) is 18.4. The first-order chi connectivity index (χ1) is 16.7. The van der Waals surface area contributed by atoms with Gasteiger partial charge in [-0.3, -0.25) is 9.78 Å². The van der Waals surface area contributed by atoms with Crippen LogP contribution in [0, 0.1) is 0 Å². The molecule has 0 radical (unpaired) electrons. The highest BCUT2D eigenvalue weighted by Gasteiger charge is 2.27. The van der Waals surface area contributed by atoms with Crippen molar-refractivity contribution in [3.05, 3.63) is 96.7 Å². The summed E-state index contributed by atoms with van der Waals surface area (Å²) in [6.07, 6.45) is 8.38. The van der Waals surface area contributed by atoms with Crippen molar-refractivity contribution in [1.82, 2.24) is 24.8 Å². The van der Waals surface area contributed by atoms with Gasteiger partial charge in [0.15, 0.2) is 0 Å². The Morgan fingerprint density at radius 3 is 2.59 bits per heavy atom. The van der Waals surface area contributed by atoms with Gasteiger partial charge in [-0.05, 0) is 49.2 Å². The number of rotatable bonds is 6. The average Bonchev–Trinajstić information content (AvgIpc) is 2.90. The van der Waals surface area contributed by atoms with Crippen LogP contribution < -0.4 is 9.47 Å². The van der Waals surface area contributed by atoms with Gasteiger partial charge >= 0.3 is 6.01 Å². The third-order valence-corrected chi connectivity index (χ3v) is 5.56. The fraction of sp³-hybridized carbons (Fsp3) is 0.192. The number of carbonyl (C=O) groups excluding carboxylic acids is 1. The molecule has 34 heavy (non-hydrogen) atoms. The van der Waals surface area contributed by atoms with Crippen LogP contribution in [0.5, 0.6) is 23.4 Å². The summed E-state index contributed by atoms with van der Waals surface area (Å²) < 4.78 is 11.5. The van der Waals surface area contributed by atoms with Crippen molar-refractivity contribution in [2.75, 3.05) is 13.1 Å². The first-order valence-electron chi connectivity index (χ1n) is 11.1. The Labute approximate surface area is 197 Å². The minimum atomic E-state index is -0.0474. The molecule has 0 spiro atoms. The Hall–Kier alpha value is -4.33. The second-order valence-electron chi connectivity index (χ2n) is 7.95. The molecule has 1 aliphatic heterocycles. The van der Waals surface area contributed by atoms with Crippen molar-refractivity contribution >= 4 is 5.91 Å². The summed E-state index contributed by atoms with van der Waals surface area (Å²) >= 11 is 0. The molecule has 0 saturated carbocycles. The van der Waals surface area contributed by atoms with Gasteiger partial charge in [0.05, 0.1) is 11.9 Å². The summed E-state index contributed by atoms with van der Waals surface area (Å²) in [6.45, 7) is 1.25. The molecule has 1 fully saturated rings. The number of ether oxygens (including phenoxy) is 2. The molecular weight excluding hydrogens is 430 g/mol. The Kier molecular flexibility index (Phi) is 6.38. The second kappa shape index (κ2) is 10.1. The molecule has 0 N–H and O–H groups in total. The molecule has 0 aliphatic carbocycles. The molecule has 1 aliphatic rings. The molecule has 4 aromatic rings. The topological polar surface area (TPSA) is 90.3 Å². The van der Waals surface area contributed by atoms with Gasteiger partial charge < -0.3 is 14.4 Å². The molecule has 8 nitrogen and oxygen atoms in total. The van der Waals surface area contributed by atoms with Gasteiger partial charge in [-0.25, -0.2) is 15.0 Å². The van der Waals surface area contributed by atoms with Crippen molar-refractivity contribution in [3.63, 3.8) is 0 Å². The highest BCUT2D eigenvalue weighted by Crippen LogP contribution is 2.29. The van der Waals surface area contributed by atoms with E-state index in [1.807, 2.05) is 35.2 Å². The van der Waals surface area contributed by atoms with E-state index in [1.165, 1.54) is 0 Å². The molecule has 2 aromatic heterocycles. The molecule has 1 atom stereocenters. The largest absolute Gasteiger partial charge is 0.437 e. The van der Waals surface area contributed by atoms with E-state index in [2.05, 4.69) is 19.9 Å². The number of aromatic nitrogens is 4. The molecule has 1 saturated heterocycles. The number of benzene rings is 2. The smallest absolute Gasteiger partial charge is 0.321 e. The molecule has 0 unspecified atom stereocenters. The molecule has 3 heterocycles. The van der Waals surface area contributed by atoms with E-state index in [1.54, 1.807) is 55.1 Å². The van der Waals surface area contributed by atoms with E-state index in [9.17, 15) is 4.79 Å². The number of carbonyl (C=O) groups is 1. The summed E-state index contributed by atoms with van der Waals surface area (Å²) in [5.41, 5.74) is 1.38. The minimum Gasteiger partial charge on any atom is -0.437 e. The van der Waals surface area contributed by atoms with Crippen LogP contribution in [0.15, 0.2) is 85.5 Å². The number of hydrogen-bond donors (Lipinski definition) is 0. The number of para-hydroxylation sites is 1. The molecular formula is C26H23N5O3. The van der Waals surface area contributed by atoms with Gasteiger partial charge in [-0.2, -0.15) is 0 Å². The second-order valence-corrected chi connectivity index (χ2v) is 7.95. The normalized spacial score (nSPS) is 15.5. The lowest BCUT2D eigenvalue weighted by Gasteiger charge is -2.32. The maximum Gasteiger partial charge on any atom is 0.321 e. The van der Waals surface area contributed by atoms with Crippen LogP contribution >= 0.6 is 0 Å². The van der Waals surface area contributed by atoms with Crippen molar-refractivity contribution in [1.29, 1.82) is 0 Å². The summed E-state index contributed by atoms with van der Waals surface area (Å²) in [4.78, 5) is 32.2. The van der Waals surface area contributed by atoms with E-state index >= 15 is 0 Å². The monoisotopic (exact) mass is 453 g/mol. The van der Waals surface area contributed by atoms with E-state index in [0.29, 0.717) is 36.0 Å². The predicted octanol–water partition coefficient (Wildman–Crippen LogP) is 4.87. The lowest BCUT2D eigenvalue weighted by Crippen LogP contribution is -2.39. The van der Waals surface area contributed by atoms with E-state index in [4.69, 9.17) is 9.47 Å². The maximum atomic E-state index is 13.3. The quantitative estimate of drug-likeness (QED) is 0.411. The molecule has 8 heteroatoms. The number of nitrogens with zero attached hydrogens (tertiary/aromatic N) is 5. The highest BCUT2D eigenvalue weighted by molar-refractivity contribution is 5.94. The molecule has 0 bridgehead atoms. The summed E-state index contributed by atoms with van der Waals surface area (Å²) in [5.74, 6) is 1.70. The van der Waals surface area contributed by atoms with Crippen LogP contribution in [0.3, 0.4) is 0 Å². The summed E-state index contributed by atoms with van der Waals surface area (Å²) in [6, 6.07) is 18.5. The molecule has 170 valence electrons. The maximum absolute atomic E-state index is 13.3. The van der Waals surface area contributed by atoms with Gasteiger partial charge in [0, 0.05) is 43.2 Å². The van der Waals surface area contributed by atoms with Crippen molar-refractivity contribution in [3.8, 4) is 23.4 Å². The van der Waals surface area contributed by atoms with E-state index < -0.39 is 0 Å². The van der Waals surface area contributed by atoms with Gasteiger partial charge in [0.25, 0.3) is 5.91 Å². The zero-order valence-corrected chi connectivity index (χ0v) is 18.4. The van der Waals surface area contributed by atoms with E-state index in [-0.39, 0.29) is 17.8 Å². The van der Waals surface area contributed by atoms with Crippen LogP contribution in [0.4, 0.5) is 0 Å². The van der Waals surface area contributed by atoms with Crippen LogP contribution in [-0.4, -0.2) is 43.8 Å². The summed E-state index contributed by atoms with van der Waals surface area (Å²) in [7, 11) is 0. The number of likely N-dealkylation sites (tertiary alicyclic amines) is 1. The standard InChI is InChI=1S/C26H23N5O3/c32-25(19-7-4-11-22(15-19)34-26-28-12-6-13-29-26)31-14-5-8-20(18-31)23-16-27-17-24(30-23)33-21-9-2-1-3-10-21/h1-4,6-7,9-13,15-17,20H,5,8,14,18H2/t20-/m1/s1. The van der Waals surface area contributed by atoms with E-state index in [0.717, 1.165) is 18.5 Å². The Morgan fingerprint density at radius 2 is 1.74 bits per heavy atom. The molecule has 1 amide bonds. The lowest BCUT2D eigenvalue weighted by atomic mass is 9.94. The Balaban J connectivity index is 1.28. The number of hydrogen-bond acceptors (Lipinski definition) is 7. The molecule has 5 rings (SSSR count).